The van der Waals surface area contributed by atoms with E-state index < -0.39 is 10.0 Å². The number of amidine groups is 1. The van der Waals surface area contributed by atoms with Gasteiger partial charge in [0.25, 0.3) is 15.9 Å². The number of carbonyl (C=O) groups excluding carboxylic acids is 2. The van der Waals surface area contributed by atoms with Crippen molar-refractivity contribution in [3.05, 3.63) is 34.3 Å². The Morgan fingerprint density at radius 3 is 2.87 bits per heavy atom. The van der Waals surface area contributed by atoms with Crippen molar-refractivity contribution < 1.29 is 18.0 Å². The number of nitrogens with one attached hydrogen (secondary N) is 1. The van der Waals surface area contributed by atoms with Crippen LogP contribution in [0, 0.1) is 5.41 Å². The van der Waals surface area contributed by atoms with Gasteiger partial charge in [0.15, 0.2) is 16.1 Å². The minimum atomic E-state index is -3.42. The Labute approximate surface area is 181 Å². The van der Waals surface area contributed by atoms with Crippen molar-refractivity contribution >= 4 is 60.8 Å². The molecule has 1 aromatic heterocycles. The topological polar surface area (TPSA) is 109 Å². The molecule has 11 heteroatoms. The van der Waals surface area contributed by atoms with Gasteiger partial charge in [0.2, 0.25) is 0 Å². The molecule has 1 amide bonds. The van der Waals surface area contributed by atoms with Gasteiger partial charge in [-0.05, 0) is 41.8 Å². The maximum absolute atomic E-state index is 12.8. The average Bonchev–Trinajstić information content (AvgIpc) is 3.19. The first kappa shape index (κ1) is 19.7. The summed E-state index contributed by atoms with van der Waals surface area (Å²) in [6, 6.07) is 5.23. The van der Waals surface area contributed by atoms with E-state index in [1.807, 2.05) is 18.7 Å². The minimum Gasteiger partial charge on any atom is -0.318 e. The summed E-state index contributed by atoms with van der Waals surface area (Å²) >= 11 is 2.46. The summed E-state index contributed by atoms with van der Waals surface area (Å²) in [6.45, 7) is 4.43. The van der Waals surface area contributed by atoms with Gasteiger partial charge in [0.1, 0.15) is 0 Å². The van der Waals surface area contributed by atoms with Crippen molar-refractivity contribution in [3.8, 4) is 0 Å². The van der Waals surface area contributed by atoms with Gasteiger partial charge in [0.05, 0.1) is 22.0 Å². The fourth-order valence-electron chi connectivity index (χ4n) is 3.81. The number of hydrogen-bond acceptors (Lipinski definition) is 8. The highest BCUT2D eigenvalue weighted by molar-refractivity contribution is 8.15. The number of carbonyl (C=O) groups is 2. The normalized spacial score (nSPS) is 20.8. The van der Waals surface area contributed by atoms with E-state index in [-0.39, 0.29) is 22.9 Å². The number of amides is 1. The maximum Gasteiger partial charge on any atom is 0.257 e. The molecule has 3 aliphatic rings. The Kier molecular flexibility index (Phi) is 4.35. The van der Waals surface area contributed by atoms with E-state index in [9.17, 15) is 18.0 Å². The SMILES string of the molecule is CC1(C)CC(=O)c2sc(NC(=O)c3ccc4c(c3)SC3=NS(=O)(=O)CCN34)nc2C1. The number of benzene rings is 1. The molecule has 1 aromatic carbocycles. The third-order valence-corrected chi connectivity index (χ3v) is 8.55. The largest absolute Gasteiger partial charge is 0.318 e. The van der Waals surface area contributed by atoms with Gasteiger partial charge < -0.3 is 4.90 Å². The summed E-state index contributed by atoms with van der Waals surface area (Å²) in [5, 5.41) is 3.63. The summed E-state index contributed by atoms with van der Waals surface area (Å²) in [5.74, 6) is -0.278. The molecule has 3 heterocycles. The zero-order valence-corrected chi connectivity index (χ0v) is 18.7. The lowest BCUT2D eigenvalue weighted by Crippen LogP contribution is -2.35. The highest BCUT2D eigenvalue weighted by Gasteiger charge is 2.35. The van der Waals surface area contributed by atoms with E-state index in [0.29, 0.717) is 40.1 Å². The summed E-state index contributed by atoms with van der Waals surface area (Å²) in [7, 11) is -3.42. The van der Waals surface area contributed by atoms with Gasteiger partial charge in [-0.3, -0.25) is 14.9 Å². The molecule has 156 valence electrons. The second-order valence-electron chi connectivity index (χ2n) is 8.29. The summed E-state index contributed by atoms with van der Waals surface area (Å²) in [4.78, 5) is 32.9. The van der Waals surface area contributed by atoms with Crippen LogP contribution in [0.3, 0.4) is 0 Å². The Morgan fingerprint density at radius 1 is 1.27 bits per heavy atom. The first-order chi connectivity index (χ1) is 14.1. The highest BCUT2D eigenvalue weighted by atomic mass is 32.2. The van der Waals surface area contributed by atoms with E-state index in [4.69, 9.17) is 0 Å². The third kappa shape index (κ3) is 3.44. The molecule has 0 saturated heterocycles. The quantitative estimate of drug-likeness (QED) is 0.730. The first-order valence-electron chi connectivity index (χ1n) is 9.37. The smallest absolute Gasteiger partial charge is 0.257 e. The van der Waals surface area contributed by atoms with Crippen LogP contribution < -0.4 is 10.2 Å². The van der Waals surface area contributed by atoms with Gasteiger partial charge in [0, 0.05) is 23.4 Å². The number of Topliss-reactive ketones (excluding diaryl/α,β-unsaturated/α-hetero) is 1. The van der Waals surface area contributed by atoms with Crippen LogP contribution in [0.1, 0.15) is 46.0 Å². The number of nitrogens with zero attached hydrogens (tertiary/aromatic N) is 3. The van der Waals surface area contributed by atoms with Crippen molar-refractivity contribution in [1.82, 2.24) is 4.98 Å². The van der Waals surface area contributed by atoms with Crippen LogP contribution in [0.15, 0.2) is 27.5 Å². The van der Waals surface area contributed by atoms with Crippen LogP contribution in [0.4, 0.5) is 10.8 Å². The van der Waals surface area contributed by atoms with Crippen LogP contribution in [0.25, 0.3) is 0 Å². The van der Waals surface area contributed by atoms with Gasteiger partial charge in [-0.15, -0.1) is 4.40 Å². The Morgan fingerprint density at radius 2 is 2.07 bits per heavy atom. The maximum atomic E-state index is 12.8. The van der Waals surface area contributed by atoms with Gasteiger partial charge in [-0.25, -0.2) is 13.4 Å². The second kappa shape index (κ2) is 6.63. The number of fused-ring (bicyclic) bond motifs is 4. The van der Waals surface area contributed by atoms with Crippen molar-refractivity contribution in [2.45, 2.75) is 31.6 Å². The third-order valence-electron chi connectivity index (χ3n) is 5.19. The molecular weight excluding hydrogens is 444 g/mol. The second-order valence-corrected chi connectivity index (χ2v) is 12.0. The Bertz CT molecular complexity index is 1250. The van der Waals surface area contributed by atoms with E-state index in [1.165, 1.54) is 23.1 Å². The number of hydrogen-bond donors (Lipinski definition) is 1. The Hall–Kier alpha value is -2.24. The number of rotatable bonds is 2. The summed E-state index contributed by atoms with van der Waals surface area (Å²) in [5.41, 5.74) is 1.91. The zero-order valence-electron chi connectivity index (χ0n) is 16.3. The molecule has 5 rings (SSSR count). The van der Waals surface area contributed by atoms with E-state index in [0.717, 1.165) is 16.3 Å². The van der Waals surface area contributed by atoms with Gasteiger partial charge in [-0.2, -0.15) is 0 Å². The lowest BCUT2D eigenvalue weighted by molar-refractivity contribution is 0.0915. The van der Waals surface area contributed by atoms with Gasteiger partial charge in [-0.1, -0.05) is 25.2 Å². The van der Waals surface area contributed by atoms with Crippen LogP contribution in [-0.2, 0) is 16.4 Å². The Balaban J connectivity index is 1.38. The lowest BCUT2D eigenvalue weighted by atomic mass is 9.78. The molecule has 2 aromatic rings. The van der Waals surface area contributed by atoms with Crippen LogP contribution in [0.5, 0.6) is 0 Å². The minimum absolute atomic E-state index is 0.0248. The number of thiazole rings is 1. The molecule has 1 aliphatic carbocycles. The number of ketones is 1. The van der Waals surface area contributed by atoms with Crippen molar-refractivity contribution in [2.75, 3.05) is 22.5 Å². The average molecular weight is 463 g/mol. The van der Waals surface area contributed by atoms with E-state index >= 15 is 0 Å². The zero-order chi connectivity index (χ0) is 21.3. The molecule has 0 spiro atoms. The molecule has 30 heavy (non-hydrogen) atoms. The molecular formula is C19H18N4O4S3. The van der Waals surface area contributed by atoms with E-state index in [2.05, 4.69) is 14.7 Å². The number of thioether (sulfide) groups is 1. The van der Waals surface area contributed by atoms with Crippen molar-refractivity contribution in [3.63, 3.8) is 0 Å². The summed E-state index contributed by atoms with van der Waals surface area (Å²) < 4.78 is 27.3. The predicted molar refractivity (Wildman–Crippen MR) is 117 cm³/mol. The number of aromatic nitrogens is 1. The monoisotopic (exact) mass is 462 g/mol. The first-order valence-corrected chi connectivity index (χ1v) is 12.6. The van der Waals surface area contributed by atoms with Crippen molar-refractivity contribution in [2.24, 2.45) is 9.81 Å². The van der Waals surface area contributed by atoms with Crippen LogP contribution >= 0.6 is 23.1 Å². The lowest BCUT2D eigenvalue weighted by Gasteiger charge is -2.26. The molecule has 1 N–H and O–H groups in total. The molecule has 0 saturated carbocycles. The molecule has 0 unspecified atom stereocenters. The standard InChI is InChI=1S/C19H18N4O4S3/c1-19(2)8-11-15(13(24)9-19)29-17(20-11)21-16(25)10-3-4-12-14(7-10)28-18-22-30(26,27)6-5-23(12)18/h3-4,7H,5-6,8-9H2,1-2H3,(H,20,21,25). The van der Waals surface area contributed by atoms with Crippen LogP contribution in [0.2, 0.25) is 0 Å². The predicted octanol–water partition coefficient (Wildman–Crippen LogP) is 3.16. The fraction of sp³-hybridized carbons (Fsp3) is 0.368. The highest BCUT2D eigenvalue weighted by Crippen LogP contribution is 2.42. The molecule has 0 fully saturated rings. The number of sulfonamides is 1. The molecule has 0 atom stereocenters. The molecule has 8 nitrogen and oxygen atoms in total. The molecule has 0 bridgehead atoms. The van der Waals surface area contributed by atoms with Crippen LogP contribution in [-0.4, -0.2) is 42.6 Å². The molecule has 2 aliphatic heterocycles. The van der Waals surface area contributed by atoms with Crippen molar-refractivity contribution in [1.29, 1.82) is 0 Å². The summed E-state index contributed by atoms with van der Waals surface area (Å²) in [6.07, 6.45) is 1.19. The van der Waals surface area contributed by atoms with Gasteiger partial charge >= 0.3 is 0 Å². The molecule has 0 radical (unpaired) electrons. The van der Waals surface area contributed by atoms with E-state index in [1.54, 1.807) is 18.2 Å². The fourth-order valence-corrected chi connectivity index (χ4v) is 7.03. The number of anilines is 2.